The van der Waals surface area contributed by atoms with E-state index < -0.39 is 11.6 Å². The summed E-state index contributed by atoms with van der Waals surface area (Å²) in [5, 5.41) is 14.4. The maximum Gasteiger partial charge on any atom is 0.146 e. The normalized spacial score (nSPS) is 27.6. The van der Waals surface area contributed by atoms with Gasteiger partial charge in [-0.05, 0) is 18.1 Å². The number of hydrogen-bond acceptors (Lipinski definition) is 5. The summed E-state index contributed by atoms with van der Waals surface area (Å²) < 4.78 is 10.7. The second kappa shape index (κ2) is 7.19. The van der Waals surface area contributed by atoms with Crippen molar-refractivity contribution in [3.05, 3.63) is 71.8 Å². The van der Waals surface area contributed by atoms with E-state index in [1.165, 1.54) is 0 Å². The topological polar surface area (TPSA) is 63.1 Å². The van der Waals surface area contributed by atoms with Crippen LogP contribution in [0.1, 0.15) is 24.1 Å². The van der Waals surface area contributed by atoms with Crippen LogP contribution in [-0.4, -0.2) is 37.1 Å². The van der Waals surface area contributed by atoms with Gasteiger partial charge in [0.1, 0.15) is 24.8 Å². The van der Waals surface area contributed by atoms with Crippen LogP contribution in [0.4, 0.5) is 0 Å². The lowest BCUT2D eigenvalue weighted by Gasteiger charge is -2.33. The molecule has 136 valence electrons. The van der Waals surface area contributed by atoms with Crippen molar-refractivity contribution in [1.29, 1.82) is 0 Å². The number of benzene rings is 2. The van der Waals surface area contributed by atoms with Crippen LogP contribution in [0.2, 0.25) is 0 Å². The Bertz CT molecular complexity index is 759. The van der Waals surface area contributed by atoms with Gasteiger partial charge in [-0.15, -0.1) is 0 Å². The van der Waals surface area contributed by atoms with E-state index in [-0.39, 0.29) is 18.8 Å². The molecular formula is C21H24N2O3. The molecule has 0 aromatic heterocycles. The number of aliphatic hydroxyl groups is 1. The Labute approximate surface area is 153 Å². The molecule has 0 bridgehead atoms. The highest BCUT2D eigenvalue weighted by molar-refractivity contribution is 5.90. The first-order chi connectivity index (χ1) is 12.7. The van der Waals surface area contributed by atoms with Gasteiger partial charge in [-0.25, -0.2) is 0 Å². The number of nitrogens with zero attached hydrogens (tertiary/aromatic N) is 1. The zero-order chi connectivity index (χ0) is 18.0. The van der Waals surface area contributed by atoms with Crippen LogP contribution >= 0.6 is 0 Å². The Balaban J connectivity index is 1.69. The van der Waals surface area contributed by atoms with Crippen LogP contribution in [-0.2, 0) is 15.0 Å². The second-order valence-corrected chi connectivity index (χ2v) is 7.09. The molecular weight excluding hydrogens is 328 g/mol. The lowest BCUT2D eigenvalue weighted by molar-refractivity contribution is -0.140. The summed E-state index contributed by atoms with van der Waals surface area (Å²) in [4.78, 5) is 4.91. The van der Waals surface area contributed by atoms with E-state index in [1.54, 1.807) is 0 Å². The quantitative estimate of drug-likeness (QED) is 0.888. The van der Waals surface area contributed by atoms with Gasteiger partial charge in [0.05, 0.1) is 18.8 Å². The largest absolute Gasteiger partial charge is 0.385 e. The molecule has 2 aromatic rings. The fraction of sp³-hybridized carbons (Fsp3) is 0.381. The number of aliphatic imine (C=N–C) groups is 1. The molecule has 0 radical (unpaired) electrons. The predicted octanol–water partition coefficient (Wildman–Crippen LogP) is 2.63. The van der Waals surface area contributed by atoms with Crippen molar-refractivity contribution < 1.29 is 14.6 Å². The van der Waals surface area contributed by atoms with Crippen molar-refractivity contribution in [2.75, 3.05) is 20.0 Å². The maximum absolute atomic E-state index is 10.9. The first-order valence-electron chi connectivity index (χ1n) is 8.98. The van der Waals surface area contributed by atoms with Crippen LogP contribution in [0.15, 0.2) is 65.7 Å². The third-order valence-electron chi connectivity index (χ3n) is 5.25. The van der Waals surface area contributed by atoms with Crippen molar-refractivity contribution in [3.8, 4) is 0 Å². The summed E-state index contributed by atoms with van der Waals surface area (Å²) in [6.45, 7) is 3.37. The van der Waals surface area contributed by atoms with E-state index in [0.717, 1.165) is 11.1 Å². The SMILES string of the molecule is CC1(c2ccccc2)NC(C(O)C2COCOC2)=NC1c1ccccc1. The molecule has 2 aliphatic heterocycles. The van der Waals surface area contributed by atoms with E-state index in [0.29, 0.717) is 19.0 Å². The molecule has 3 atom stereocenters. The molecule has 3 unspecified atom stereocenters. The lowest BCUT2D eigenvalue weighted by atomic mass is 9.82. The van der Waals surface area contributed by atoms with Gasteiger partial charge in [0.2, 0.25) is 0 Å². The second-order valence-electron chi connectivity index (χ2n) is 7.09. The molecule has 2 heterocycles. The third-order valence-corrected chi connectivity index (χ3v) is 5.25. The minimum absolute atomic E-state index is 0.121. The van der Waals surface area contributed by atoms with Gasteiger partial charge in [-0.1, -0.05) is 60.7 Å². The smallest absolute Gasteiger partial charge is 0.146 e. The number of hydrogen-bond donors (Lipinski definition) is 2. The molecule has 0 saturated carbocycles. The summed E-state index contributed by atoms with van der Waals surface area (Å²) in [6, 6.07) is 20.3. The fourth-order valence-electron chi connectivity index (χ4n) is 3.75. The predicted molar refractivity (Wildman–Crippen MR) is 99.8 cm³/mol. The van der Waals surface area contributed by atoms with Crippen molar-refractivity contribution in [2.24, 2.45) is 10.9 Å². The Kier molecular flexibility index (Phi) is 4.76. The van der Waals surface area contributed by atoms with Crippen LogP contribution in [0.3, 0.4) is 0 Å². The Morgan fingerprint density at radius 3 is 2.31 bits per heavy atom. The average Bonchev–Trinajstić information content (AvgIpc) is 3.08. The highest BCUT2D eigenvalue weighted by Gasteiger charge is 2.45. The van der Waals surface area contributed by atoms with E-state index >= 15 is 0 Å². The summed E-state index contributed by atoms with van der Waals surface area (Å²) in [5.74, 6) is 0.480. The van der Waals surface area contributed by atoms with Gasteiger partial charge in [0, 0.05) is 5.92 Å². The van der Waals surface area contributed by atoms with E-state index in [9.17, 15) is 5.11 Å². The number of ether oxygens (including phenoxy) is 2. The van der Waals surface area contributed by atoms with Crippen molar-refractivity contribution in [3.63, 3.8) is 0 Å². The Hall–Kier alpha value is -2.21. The summed E-state index contributed by atoms with van der Waals surface area (Å²) in [6.07, 6.45) is -0.743. The molecule has 0 amide bonds. The molecule has 2 aromatic carbocycles. The summed E-state index contributed by atoms with van der Waals surface area (Å²) in [5.41, 5.74) is 1.82. The summed E-state index contributed by atoms with van der Waals surface area (Å²) in [7, 11) is 0. The molecule has 5 nitrogen and oxygen atoms in total. The van der Waals surface area contributed by atoms with Crippen LogP contribution < -0.4 is 5.32 Å². The van der Waals surface area contributed by atoms with Gasteiger partial charge in [-0.3, -0.25) is 4.99 Å². The number of aliphatic hydroxyl groups excluding tert-OH is 1. The number of nitrogens with one attached hydrogen (secondary N) is 1. The zero-order valence-corrected chi connectivity index (χ0v) is 14.8. The summed E-state index contributed by atoms with van der Waals surface area (Å²) >= 11 is 0. The van der Waals surface area contributed by atoms with Gasteiger partial charge >= 0.3 is 0 Å². The van der Waals surface area contributed by atoms with E-state index in [4.69, 9.17) is 14.5 Å². The van der Waals surface area contributed by atoms with Gasteiger partial charge in [-0.2, -0.15) is 0 Å². The standard InChI is InChI=1S/C21H24N2O3/c1-21(17-10-6-3-7-11-17)19(15-8-4-2-5-9-15)22-20(23-21)18(24)16-12-25-14-26-13-16/h2-11,16,18-19,24H,12-14H2,1H3,(H,22,23). The molecule has 2 N–H and O–H groups in total. The molecule has 1 saturated heterocycles. The maximum atomic E-state index is 10.9. The van der Waals surface area contributed by atoms with Crippen molar-refractivity contribution in [2.45, 2.75) is 24.6 Å². The third kappa shape index (κ3) is 3.14. The minimum atomic E-state index is -0.743. The molecule has 26 heavy (non-hydrogen) atoms. The van der Waals surface area contributed by atoms with E-state index in [1.807, 2.05) is 36.4 Å². The molecule has 0 aliphatic carbocycles. The van der Waals surface area contributed by atoms with E-state index in [2.05, 4.69) is 36.5 Å². The van der Waals surface area contributed by atoms with Gasteiger partial charge in [0.25, 0.3) is 0 Å². The number of amidine groups is 1. The molecule has 0 spiro atoms. The van der Waals surface area contributed by atoms with Gasteiger partial charge in [0.15, 0.2) is 0 Å². The highest BCUT2D eigenvalue weighted by atomic mass is 16.7. The number of rotatable bonds is 4. The minimum Gasteiger partial charge on any atom is -0.385 e. The Morgan fingerprint density at radius 2 is 1.65 bits per heavy atom. The van der Waals surface area contributed by atoms with Crippen LogP contribution in [0, 0.1) is 5.92 Å². The first kappa shape index (κ1) is 17.2. The average molecular weight is 352 g/mol. The van der Waals surface area contributed by atoms with Crippen molar-refractivity contribution in [1.82, 2.24) is 5.32 Å². The molecule has 2 aliphatic rings. The highest BCUT2D eigenvalue weighted by Crippen LogP contribution is 2.42. The molecule has 4 rings (SSSR count). The van der Waals surface area contributed by atoms with Crippen molar-refractivity contribution >= 4 is 5.84 Å². The van der Waals surface area contributed by atoms with Gasteiger partial charge < -0.3 is 19.9 Å². The monoisotopic (exact) mass is 352 g/mol. The fourth-order valence-corrected chi connectivity index (χ4v) is 3.75. The Morgan fingerprint density at radius 1 is 1.04 bits per heavy atom. The zero-order valence-electron chi connectivity index (χ0n) is 14.8. The molecule has 1 fully saturated rings. The lowest BCUT2D eigenvalue weighted by Crippen LogP contribution is -2.48. The molecule has 5 heteroatoms. The van der Waals surface area contributed by atoms with Crippen LogP contribution in [0.5, 0.6) is 0 Å². The van der Waals surface area contributed by atoms with Crippen LogP contribution in [0.25, 0.3) is 0 Å². The first-order valence-corrected chi connectivity index (χ1v) is 8.98.